The Morgan fingerprint density at radius 1 is 1.18 bits per heavy atom. The first-order valence-electron chi connectivity index (χ1n) is 9.51. The average Bonchev–Trinajstić information content (AvgIpc) is 3.13. The molecule has 1 aromatic heterocycles. The van der Waals surface area contributed by atoms with Crippen LogP contribution in [0.3, 0.4) is 0 Å². The standard InChI is InChI=1S/C18H32N6O4/c1-11(2)7-14(23-16(25)13(20)5-3-4-6-19)17(26)24-15(18(27)28)8-12-9-21-10-22-12/h9-11,13-15H,3-8,19-20H2,1-2H3,(H,21,22)(H,23,25)(H,24,26)(H,27,28). The molecule has 158 valence electrons. The lowest BCUT2D eigenvalue weighted by molar-refractivity contribution is -0.142. The van der Waals surface area contributed by atoms with Crippen molar-refractivity contribution in [2.75, 3.05) is 6.54 Å². The fraction of sp³-hybridized carbons (Fsp3) is 0.667. The molecule has 0 aliphatic heterocycles. The molecule has 1 aromatic rings. The zero-order valence-corrected chi connectivity index (χ0v) is 16.5. The Kier molecular flexibility index (Phi) is 10.2. The number of nitrogens with zero attached hydrogens (tertiary/aromatic N) is 1. The van der Waals surface area contributed by atoms with Crippen LogP contribution in [0.15, 0.2) is 12.5 Å². The number of rotatable bonds is 13. The van der Waals surface area contributed by atoms with Gasteiger partial charge < -0.3 is 32.2 Å². The number of nitrogens with one attached hydrogen (secondary N) is 3. The van der Waals surface area contributed by atoms with Crippen LogP contribution in [-0.4, -0.2) is 57.5 Å². The molecule has 0 spiro atoms. The second-order valence-electron chi connectivity index (χ2n) is 7.26. The van der Waals surface area contributed by atoms with Crippen molar-refractivity contribution in [1.29, 1.82) is 0 Å². The molecule has 0 aliphatic carbocycles. The van der Waals surface area contributed by atoms with Gasteiger partial charge >= 0.3 is 5.97 Å². The molecular weight excluding hydrogens is 364 g/mol. The first-order chi connectivity index (χ1) is 13.2. The highest BCUT2D eigenvalue weighted by atomic mass is 16.4. The second kappa shape index (κ2) is 12.1. The van der Waals surface area contributed by atoms with E-state index in [-0.39, 0.29) is 12.3 Å². The van der Waals surface area contributed by atoms with Crippen LogP contribution in [0.25, 0.3) is 0 Å². The number of carboxylic acids is 1. The summed E-state index contributed by atoms with van der Waals surface area (Å²) in [6.45, 7) is 4.35. The van der Waals surface area contributed by atoms with E-state index in [0.717, 1.165) is 12.8 Å². The number of nitrogens with two attached hydrogens (primary N) is 2. The lowest BCUT2D eigenvalue weighted by Gasteiger charge is -2.24. The Hall–Kier alpha value is -2.46. The van der Waals surface area contributed by atoms with Crippen molar-refractivity contribution in [3.63, 3.8) is 0 Å². The Balaban J connectivity index is 2.73. The lowest BCUT2D eigenvalue weighted by atomic mass is 10.0. The number of carbonyl (C=O) groups excluding carboxylic acids is 2. The summed E-state index contributed by atoms with van der Waals surface area (Å²) < 4.78 is 0. The fourth-order valence-electron chi connectivity index (χ4n) is 2.71. The van der Waals surface area contributed by atoms with Crippen molar-refractivity contribution in [2.45, 2.75) is 64.1 Å². The number of aromatic nitrogens is 2. The number of carbonyl (C=O) groups is 3. The van der Waals surface area contributed by atoms with Gasteiger partial charge in [-0.3, -0.25) is 9.59 Å². The quantitative estimate of drug-likeness (QED) is 0.244. The highest BCUT2D eigenvalue weighted by Crippen LogP contribution is 2.08. The first-order valence-corrected chi connectivity index (χ1v) is 9.51. The van der Waals surface area contributed by atoms with Crippen molar-refractivity contribution in [1.82, 2.24) is 20.6 Å². The predicted octanol–water partition coefficient (Wildman–Crippen LogP) is -0.491. The summed E-state index contributed by atoms with van der Waals surface area (Å²) in [6.07, 6.45) is 5.31. The van der Waals surface area contributed by atoms with Crippen LogP contribution >= 0.6 is 0 Å². The molecule has 10 nitrogen and oxygen atoms in total. The predicted molar refractivity (Wildman–Crippen MR) is 104 cm³/mol. The molecule has 10 heteroatoms. The van der Waals surface area contributed by atoms with Crippen LogP contribution in [0.2, 0.25) is 0 Å². The maximum Gasteiger partial charge on any atom is 0.326 e. The molecular formula is C18H32N6O4. The van der Waals surface area contributed by atoms with Gasteiger partial charge in [0.2, 0.25) is 11.8 Å². The Morgan fingerprint density at radius 2 is 1.86 bits per heavy atom. The minimum absolute atomic E-state index is 0.0576. The fourth-order valence-corrected chi connectivity index (χ4v) is 2.71. The van der Waals surface area contributed by atoms with Crippen molar-refractivity contribution in [3.8, 4) is 0 Å². The van der Waals surface area contributed by atoms with Gasteiger partial charge in [-0.25, -0.2) is 9.78 Å². The van der Waals surface area contributed by atoms with Gasteiger partial charge in [0.25, 0.3) is 0 Å². The highest BCUT2D eigenvalue weighted by Gasteiger charge is 2.28. The minimum Gasteiger partial charge on any atom is -0.480 e. The number of H-pyrrole nitrogens is 1. The van der Waals surface area contributed by atoms with Crippen LogP contribution in [0, 0.1) is 5.92 Å². The maximum atomic E-state index is 12.7. The van der Waals surface area contributed by atoms with Crippen LogP contribution in [0.1, 0.15) is 45.2 Å². The molecule has 1 rings (SSSR count). The summed E-state index contributed by atoms with van der Waals surface area (Å²) >= 11 is 0. The van der Waals surface area contributed by atoms with E-state index < -0.39 is 35.9 Å². The molecule has 0 bridgehead atoms. The number of aromatic amines is 1. The van der Waals surface area contributed by atoms with Crippen molar-refractivity contribution in [2.24, 2.45) is 17.4 Å². The van der Waals surface area contributed by atoms with Gasteiger partial charge in [0.15, 0.2) is 0 Å². The summed E-state index contributed by atoms with van der Waals surface area (Å²) in [5, 5.41) is 14.6. The summed E-state index contributed by atoms with van der Waals surface area (Å²) in [5.41, 5.74) is 11.9. The highest BCUT2D eigenvalue weighted by molar-refractivity contribution is 5.91. The summed E-state index contributed by atoms with van der Waals surface area (Å²) in [4.78, 5) is 43.2. The van der Waals surface area contributed by atoms with Gasteiger partial charge in [-0.2, -0.15) is 0 Å². The van der Waals surface area contributed by atoms with Gasteiger partial charge in [0, 0.05) is 18.3 Å². The van der Waals surface area contributed by atoms with Gasteiger partial charge in [0.1, 0.15) is 12.1 Å². The number of hydrogen-bond donors (Lipinski definition) is 6. The number of amides is 2. The van der Waals surface area contributed by atoms with Crippen LogP contribution in [0.5, 0.6) is 0 Å². The zero-order valence-electron chi connectivity index (χ0n) is 16.5. The Morgan fingerprint density at radius 3 is 2.39 bits per heavy atom. The van der Waals surface area contributed by atoms with E-state index in [1.807, 2.05) is 13.8 Å². The van der Waals surface area contributed by atoms with E-state index in [9.17, 15) is 19.5 Å². The third-order valence-electron chi connectivity index (χ3n) is 4.24. The normalized spacial score (nSPS) is 14.3. The van der Waals surface area contributed by atoms with E-state index in [2.05, 4.69) is 20.6 Å². The number of aliphatic carboxylic acids is 1. The molecule has 28 heavy (non-hydrogen) atoms. The molecule has 3 unspecified atom stereocenters. The summed E-state index contributed by atoms with van der Waals surface area (Å²) in [6, 6.07) is -2.75. The molecule has 2 amide bonds. The molecule has 0 saturated heterocycles. The second-order valence-corrected chi connectivity index (χ2v) is 7.26. The molecule has 0 radical (unpaired) electrons. The molecule has 1 heterocycles. The van der Waals surface area contributed by atoms with Gasteiger partial charge in [0.05, 0.1) is 12.4 Å². The van der Waals surface area contributed by atoms with Crippen LogP contribution in [0.4, 0.5) is 0 Å². The zero-order chi connectivity index (χ0) is 21.1. The van der Waals surface area contributed by atoms with E-state index in [4.69, 9.17) is 11.5 Å². The maximum absolute atomic E-state index is 12.7. The van der Waals surface area contributed by atoms with Crippen molar-refractivity contribution >= 4 is 17.8 Å². The molecule has 0 saturated carbocycles. The molecule has 3 atom stereocenters. The number of unbranched alkanes of at least 4 members (excludes halogenated alkanes) is 1. The minimum atomic E-state index is -1.17. The van der Waals surface area contributed by atoms with Gasteiger partial charge in [-0.1, -0.05) is 20.3 Å². The van der Waals surface area contributed by atoms with Gasteiger partial charge in [-0.05, 0) is 31.7 Å². The topological polar surface area (TPSA) is 176 Å². The third-order valence-corrected chi connectivity index (χ3v) is 4.24. The number of imidazole rings is 1. The van der Waals surface area contributed by atoms with E-state index in [1.165, 1.54) is 12.5 Å². The van der Waals surface area contributed by atoms with Crippen LogP contribution < -0.4 is 22.1 Å². The van der Waals surface area contributed by atoms with E-state index >= 15 is 0 Å². The SMILES string of the molecule is CC(C)CC(NC(=O)C(N)CCCCN)C(=O)NC(Cc1cnc[nH]1)C(=O)O. The molecule has 0 aromatic carbocycles. The Labute approximate surface area is 164 Å². The van der Waals surface area contributed by atoms with E-state index in [1.54, 1.807) is 0 Å². The van der Waals surface area contributed by atoms with Gasteiger partial charge in [-0.15, -0.1) is 0 Å². The molecule has 0 fully saturated rings. The largest absolute Gasteiger partial charge is 0.480 e. The Bertz CT molecular complexity index is 620. The average molecular weight is 396 g/mol. The molecule has 0 aliphatic rings. The summed E-state index contributed by atoms with van der Waals surface area (Å²) in [5.74, 6) is -2.04. The molecule has 8 N–H and O–H groups in total. The van der Waals surface area contributed by atoms with Crippen molar-refractivity contribution in [3.05, 3.63) is 18.2 Å². The van der Waals surface area contributed by atoms with E-state index in [0.29, 0.717) is 25.1 Å². The van der Waals surface area contributed by atoms with Crippen LogP contribution in [-0.2, 0) is 20.8 Å². The third kappa shape index (κ3) is 8.49. The summed E-state index contributed by atoms with van der Waals surface area (Å²) in [7, 11) is 0. The smallest absolute Gasteiger partial charge is 0.326 e. The first kappa shape index (κ1) is 23.6. The monoisotopic (exact) mass is 396 g/mol. The number of hydrogen-bond acceptors (Lipinski definition) is 6. The lowest BCUT2D eigenvalue weighted by Crippen LogP contribution is -2.55. The van der Waals surface area contributed by atoms with Crippen molar-refractivity contribution < 1.29 is 19.5 Å². The number of carboxylic acid groups (broad SMARTS) is 1.